The maximum atomic E-state index is 12.6. The summed E-state index contributed by atoms with van der Waals surface area (Å²) in [7, 11) is 0. The summed E-state index contributed by atoms with van der Waals surface area (Å²) in [5, 5.41) is 10.5. The zero-order chi connectivity index (χ0) is 16.3. The number of aliphatic carboxylic acids is 1. The van der Waals surface area contributed by atoms with Crippen molar-refractivity contribution in [2.75, 3.05) is 0 Å². The predicted octanol–water partition coefficient (Wildman–Crippen LogP) is 2.67. The number of amides is 1. The second-order valence-corrected chi connectivity index (χ2v) is 4.33. The number of halogens is 3. The first kappa shape index (κ1) is 15.6. The van der Waals surface area contributed by atoms with Gasteiger partial charge in [-0.1, -0.05) is 12.1 Å². The van der Waals surface area contributed by atoms with Crippen molar-refractivity contribution in [2.24, 2.45) is 0 Å². The number of carboxylic acids is 1. The second-order valence-electron chi connectivity index (χ2n) is 4.33. The Morgan fingerprint density at radius 1 is 1.18 bits per heavy atom. The lowest BCUT2D eigenvalue weighted by Gasteiger charge is -2.07. The summed E-state index contributed by atoms with van der Waals surface area (Å²) in [6.07, 6.45) is -4.46. The van der Waals surface area contributed by atoms with Crippen LogP contribution in [-0.4, -0.2) is 17.0 Å². The molecule has 0 radical (unpaired) electrons. The lowest BCUT2D eigenvalue weighted by Crippen LogP contribution is -2.29. The summed E-state index contributed by atoms with van der Waals surface area (Å²) in [6, 6.07) is 7.48. The van der Waals surface area contributed by atoms with E-state index in [0.29, 0.717) is 0 Å². The van der Waals surface area contributed by atoms with Gasteiger partial charge in [-0.15, -0.1) is 0 Å². The molecule has 1 aromatic heterocycles. The van der Waals surface area contributed by atoms with E-state index in [2.05, 4.69) is 5.32 Å². The lowest BCUT2D eigenvalue weighted by molar-refractivity contribution is -0.150. The van der Waals surface area contributed by atoms with Crippen LogP contribution in [0.4, 0.5) is 13.2 Å². The smallest absolute Gasteiger partial charge is 0.416 e. The van der Waals surface area contributed by atoms with Crippen molar-refractivity contribution in [3.05, 3.63) is 47.7 Å². The van der Waals surface area contributed by atoms with Crippen molar-refractivity contribution in [1.82, 2.24) is 5.32 Å². The van der Waals surface area contributed by atoms with E-state index >= 15 is 0 Å². The second kappa shape index (κ2) is 5.92. The third kappa shape index (κ3) is 3.66. The molecule has 0 spiro atoms. The highest BCUT2D eigenvalue weighted by Gasteiger charge is 2.30. The van der Waals surface area contributed by atoms with Crippen LogP contribution >= 0.6 is 0 Å². The predicted molar refractivity (Wildman–Crippen MR) is 68.6 cm³/mol. The molecule has 0 atom stereocenters. The zero-order valence-electron chi connectivity index (χ0n) is 11.0. The van der Waals surface area contributed by atoms with Gasteiger partial charge < -0.3 is 14.8 Å². The van der Waals surface area contributed by atoms with Crippen molar-refractivity contribution in [2.45, 2.75) is 12.7 Å². The van der Waals surface area contributed by atoms with Gasteiger partial charge in [0.05, 0.1) is 12.1 Å². The number of nitrogens with one attached hydrogen (secondary N) is 1. The Kier molecular flexibility index (Phi) is 4.20. The Balaban J connectivity index is 2.15. The fourth-order valence-corrected chi connectivity index (χ4v) is 1.72. The third-order valence-electron chi connectivity index (χ3n) is 2.75. The molecule has 8 heteroatoms. The number of hydrogen-bond acceptors (Lipinski definition) is 3. The molecule has 0 unspecified atom stereocenters. The van der Waals surface area contributed by atoms with Gasteiger partial charge in [-0.2, -0.15) is 13.2 Å². The van der Waals surface area contributed by atoms with E-state index in [4.69, 9.17) is 9.52 Å². The molecular weight excluding hydrogens is 303 g/mol. The summed E-state index contributed by atoms with van der Waals surface area (Å²) in [5.74, 6) is -2.42. The Labute approximate surface area is 122 Å². The molecule has 5 nitrogen and oxygen atoms in total. The molecule has 2 aromatic rings. The quantitative estimate of drug-likeness (QED) is 0.854. The van der Waals surface area contributed by atoms with E-state index in [1.807, 2.05) is 0 Å². The maximum absolute atomic E-state index is 12.6. The van der Waals surface area contributed by atoms with Crippen molar-refractivity contribution in [3.63, 3.8) is 0 Å². The molecule has 0 saturated heterocycles. The summed E-state index contributed by atoms with van der Waals surface area (Å²) < 4.78 is 43.2. The molecular formula is C14H10F3NO4. The van der Waals surface area contributed by atoms with Crippen molar-refractivity contribution < 1.29 is 32.3 Å². The standard InChI is InChI=1S/C14H10F3NO4/c15-14(16,17)9-3-1-2-8(6-9)11-5-4-10(22-11)7-18-12(19)13(20)21/h1-6H,7H2,(H,18,19)(H,20,21). The van der Waals surface area contributed by atoms with E-state index in [1.54, 1.807) is 0 Å². The Morgan fingerprint density at radius 2 is 1.91 bits per heavy atom. The topological polar surface area (TPSA) is 79.5 Å². The van der Waals surface area contributed by atoms with Gasteiger partial charge in [-0.05, 0) is 24.3 Å². The first-order valence-corrected chi connectivity index (χ1v) is 6.05. The number of alkyl halides is 3. The molecule has 0 aliphatic rings. The van der Waals surface area contributed by atoms with E-state index < -0.39 is 23.6 Å². The van der Waals surface area contributed by atoms with E-state index in [0.717, 1.165) is 12.1 Å². The first-order valence-electron chi connectivity index (χ1n) is 6.05. The number of carbonyl (C=O) groups is 2. The van der Waals surface area contributed by atoms with Crippen LogP contribution in [0.5, 0.6) is 0 Å². The molecule has 0 bridgehead atoms. The molecule has 1 heterocycles. The van der Waals surface area contributed by atoms with Crippen LogP contribution in [0.15, 0.2) is 40.8 Å². The molecule has 0 fully saturated rings. The summed E-state index contributed by atoms with van der Waals surface area (Å²) >= 11 is 0. The molecule has 2 N–H and O–H groups in total. The van der Waals surface area contributed by atoms with Crippen LogP contribution < -0.4 is 5.32 Å². The van der Waals surface area contributed by atoms with E-state index in [1.165, 1.54) is 24.3 Å². The largest absolute Gasteiger partial charge is 0.474 e. The fourth-order valence-electron chi connectivity index (χ4n) is 1.72. The van der Waals surface area contributed by atoms with Gasteiger partial charge in [-0.3, -0.25) is 4.79 Å². The number of furan rings is 1. The minimum Gasteiger partial charge on any atom is -0.474 e. The zero-order valence-corrected chi connectivity index (χ0v) is 11.0. The average Bonchev–Trinajstić information content (AvgIpc) is 2.92. The van der Waals surface area contributed by atoms with Crippen molar-refractivity contribution >= 4 is 11.9 Å². The minimum atomic E-state index is -4.46. The Hall–Kier alpha value is -2.77. The number of rotatable bonds is 3. The third-order valence-corrected chi connectivity index (χ3v) is 2.75. The van der Waals surface area contributed by atoms with Gasteiger partial charge in [0.15, 0.2) is 0 Å². The van der Waals surface area contributed by atoms with E-state index in [9.17, 15) is 22.8 Å². The Bertz CT molecular complexity index is 706. The summed E-state index contributed by atoms with van der Waals surface area (Å²) in [5.41, 5.74) is -0.576. The highest BCUT2D eigenvalue weighted by Crippen LogP contribution is 2.32. The van der Waals surface area contributed by atoms with Crippen molar-refractivity contribution in [1.29, 1.82) is 0 Å². The first-order chi connectivity index (χ1) is 10.3. The van der Waals surface area contributed by atoms with Gasteiger partial charge in [0, 0.05) is 5.56 Å². The van der Waals surface area contributed by atoms with Gasteiger partial charge in [0.25, 0.3) is 0 Å². The Morgan fingerprint density at radius 3 is 2.55 bits per heavy atom. The molecule has 0 aliphatic carbocycles. The van der Waals surface area contributed by atoms with Gasteiger partial charge in [-0.25, -0.2) is 4.79 Å². The molecule has 1 amide bonds. The number of carboxylic acid groups (broad SMARTS) is 1. The summed E-state index contributed by atoms with van der Waals surface area (Å²) in [4.78, 5) is 21.2. The molecule has 22 heavy (non-hydrogen) atoms. The number of carbonyl (C=O) groups excluding carboxylic acids is 1. The van der Waals surface area contributed by atoms with Gasteiger partial charge in [0.2, 0.25) is 0 Å². The van der Waals surface area contributed by atoms with E-state index in [-0.39, 0.29) is 23.6 Å². The highest BCUT2D eigenvalue weighted by atomic mass is 19.4. The summed E-state index contributed by atoms with van der Waals surface area (Å²) in [6.45, 7) is -0.176. The van der Waals surface area contributed by atoms with Crippen LogP contribution in [0, 0.1) is 0 Å². The molecule has 1 aromatic carbocycles. The van der Waals surface area contributed by atoms with Gasteiger partial charge in [0.1, 0.15) is 11.5 Å². The van der Waals surface area contributed by atoms with Crippen LogP contribution in [-0.2, 0) is 22.3 Å². The highest BCUT2D eigenvalue weighted by molar-refractivity contribution is 6.31. The fraction of sp³-hybridized carbons (Fsp3) is 0.143. The van der Waals surface area contributed by atoms with Crippen LogP contribution in [0.1, 0.15) is 11.3 Å². The van der Waals surface area contributed by atoms with Gasteiger partial charge >= 0.3 is 18.1 Å². The number of benzene rings is 1. The maximum Gasteiger partial charge on any atom is 0.416 e. The molecule has 116 valence electrons. The normalized spacial score (nSPS) is 11.2. The van der Waals surface area contributed by atoms with Crippen LogP contribution in [0.25, 0.3) is 11.3 Å². The molecule has 2 rings (SSSR count). The van der Waals surface area contributed by atoms with Crippen LogP contribution in [0.3, 0.4) is 0 Å². The lowest BCUT2D eigenvalue weighted by atomic mass is 10.1. The molecule has 0 saturated carbocycles. The monoisotopic (exact) mass is 313 g/mol. The minimum absolute atomic E-state index is 0.176. The molecule has 0 aliphatic heterocycles. The number of hydrogen-bond donors (Lipinski definition) is 2. The van der Waals surface area contributed by atoms with Crippen LogP contribution in [0.2, 0.25) is 0 Å². The SMILES string of the molecule is O=C(O)C(=O)NCc1ccc(-c2cccc(C(F)(F)F)c2)o1. The van der Waals surface area contributed by atoms with Crippen molar-refractivity contribution in [3.8, 4) is 11.3 Å². The average molecular weight is 313 g/mol.